The minimum Gasteiger partial charge on any atom is -0.298 e. The molecule has 0 aliphatic rings. The zero-order chi connectivity index (χ0) is 8.97. The van der Waals surface area contributed by atoms with Gasteiger partial charge in [0.15, 0.2) is 0 Å². The van der Waals surface area contributed by atoms with E-state index in [4.69, 9.17) is 0 Å². The Morgan fingerprint density at radius 2 is 1.75 bits per heavy atom. The van der Waals surface area contributed by atoms with Gasteiger partial charge in [0.1, 0.15) is 0 Å². The molecule has 0 saturated carbocycles. The average molecular weight is 165 g/mol. The van der Waals surface area contributed by atoms with Gasteiger partial charge in [-0.05, 0) is 19.1 Å². The Morgan fingerprint density at radius 1 is 1.17 bits per heavy atom. The van der Waals surface area contributed by atoms with Gasteiger partial charge in [-0.15, -0.1) is 0 Å². The molecule has 1 rings (SSSR count). The number of hydrogen-bond acceptors (Lipinski definition) is 3. The van der Waals surface area contributed by atoms with E-state index in [1.165, 1.54) is 5.56 Å². The summed E-state index contributed by atoms with van der Waals surface area (Å²) in [5, 5.41) is 1.92. The molecule has 1 aromatic rings. The topological polar surface area (TPSA) is 27.3 Å². The summed E-state index contributed by atoms with van der Waals surface area (Å²) >= 11 is 0. The van der Waals surface area contributed by atoms with Gasteiger partial charge < -0.3 is 0 Å². The van der Waals surface area contributed by atoms with Crippen LogP contribution in [0.1, 0.15) is 5.56 Å². The van der Waals surface area contributed by atoms with Crippen LogP contribution in [0.4, 0.5) is 5.69 Å². The van der Waals surface area contributed by atoms with Crippen LogP contribution in [0.2, 0.25) is 0 Å². The van der Waals surface area contributed by atoms with Crippen LogP contribution in [0.15, 0.2) is 24.3 Å². The number of rotatable bonds is 3. The smallest absolute Gasteiger partial charge is 0.0530 e. The number of hydrogen-bond donors (Lipinski definition) is 2. The molecule has 0 aliphatic heterocycles. The highest BCUT2D eigenvalue weighted by Crippen LogP contribution is 2.10. The van der Waals surface area contributed by atoms with E-state index >= 15 is 0 Å². The van der Waals surface area contributed by atoms with E-state index in [9.17, 15) is 0 Å². The fourth-order valence-corrected chi connectivity index (χ4v) is 1.00. The van der Waals surface area contributed by atoms with Gasteiger partial charge in [-0.2, -0.15) is 5.53 Å². The van der Waals surface area contributed by atoms with Crippen molar-refractivity contribution in [3.05, 3.63) is 29.8 Å². The lowest BCUT2D eigenvalue weighted by Gasteiger charge is -2.19. The Kier molecular flexibility index (Phi) is 3.08. The number of nitrogens with zero attached hydrogens (tertiary/aromatic N) is 1. The highest BCUT2D eigenvalue weighted by molar-refractivity contribution is 5.45. The Labute approximate surface area is 73.3 Å². The monoisotopic (exact) mass is 165 g/mol. The quantitative estimate of drug-likeness (QED) is 0.656. The molecule has 0 aromatic heterocycles. The number of anilines is 1. The van der Waals surface area contributed by atoms with Crippen LogP contribution in [0.25, 0.3) is 0 Å². The SMILES string of the molecule is CNNN(C)c1ccc(C)cc1. The molecule has 2 N–H and O–H groups in total. The first kappa shape index (κ1) is 9.03. The maximum Gasteiger partial charge on any atom is 0.0530 e. The van der Waals surface area contributed by atoms with E-state index in [0.29, 0.717) is 0 Å². The van der Waals surface area contributed by atoms with Gasteiger partial charge in [-0.25, -0.2) is 5.43 Å². The predicted octanol–water partition coefficient (Wildman–Crippen LogP) is 1.07. The van der Waals surface area contributed by atoms with Gasteiger partial charge in [0.2, 0.25) is 0 Å². The summed E-state index contributed by atoms with van der Waals surface area (Å²) in [5.74, 6) is 0. The molecule has 3 nitrogen and oxygen atoms in total. The summed E-state index contributed by atoms with van der Waals surface area (Å²) in [5.41, 5.74) is 8.23. The Balaban J connectivity index is 2.68. The van der Waals surface area contributed by atoms with Crippen LogP contribution >= 0.6 is 0 Å². The molecule has 0 aliphatic carbocycles. The molecule has 0 atom stereocenters. The molecule has 1 aromatic carbocycles. The van der Waals surface area contributed by atoms with Gasteiger partial charge in [0.05, 0.1) is 5.69 Å². The lowest BCUT2D eigenvalue weighted by molar-refractivity contribution is 0.587. The zero-order valence-corrected chi connectivity index (χ0v) is 7.76. The minimum atomic E-state index is 1.13. The number of nitrogens with one attached hydrogen (secondary N) is 2. The Bertz CT molecular complexity index is 230. The summed E-state index contributed by atoms with van der Waals surface area (Å²) in [6.07, 6.45) is 0. The number of benzene rings is 1. The fourth-order valence-electron chi connectivity index (χ4n) is 1.00. The van der Waals surface area contributed by atoms with Crippen molar-refractivity contribution >= 4 is 5.69 Å². The normalized spacial score (nSPS) is 9.92. The van der Waals surface area contributed by atoms with E-state index in [-0.39, 0.29) is 0 Å². The van der Waals surface area contributed by atoms with Gasteiger partial charge in [0.25, 0.3) is 0 Å². The van der Waals surface area contributed by atoms with Crippen LogP contribution in [0.5, 0.6) is 0 Å². The van der Waals surface area contributed by atoms with Crippen LogP contribution in [-0.4, -0.2) is 14.1 Å². The Hall–Kier alpha value is -1.06. The first-order chi connectivity index (χ1) is 5.74. The molecule has 0 saturated heterocycles. The third-order valence-corrected chi connectivity index (χ3v) is 1.70. The molecule has 12 heavy (non-hydrogen) atoms. The third-order valence-electron chi connectivity index (χ3n) is 1.70. The van der Waals surface area contributed by atoms with Gasteiger partial charge in [-0.3, -0.25) is 5.01 Å². The summed E-state index contributed by atoms with van der Waals surface area (Å²) in [4.78, 5) is 0. The lowest BCUT2D eigenvalue weighted by atomic mass is 10.2. The maximum atomic E-state index is 2.96. The molecular formula is C9H15N3. The summed E-state index contributed by atoms with van der Waals surface area (Å²) in [7, 11) is 3.80. The van der Waals surface area contributed by atoms with E-state index in [1.807, 2.05) is 19.1 Å². The van der Waals surface area contributed by atoms with E-state index in [1.54, 1.807) is 0 Å². The minimum absolute atomic E-state index is 1.13. The molecule has 0 bridgehead atoms. The molecule has 0 unspecified atom stereocenters. The van der Waals surface area contributed by atoms with Crippen molar-refractivity contribution in [2.75, 3.05) is 19.1 Å². The highest BCUT2D eigenvalue weighted by atomic mass is 15.7. The molecule has 0 spiro atoms. The summed E-state index contributed by atoms with van der Waals surface area (Å²) in [6.45, 7) is 2.08. The predicted molar refractivity (Wildman–Crippen MR) is 51.8 cm³/mol. The van der Waals surface area contributed by atoms with Crippen molar-refractivity contribution in [2.24, 2.45) is 0 Å². The molecule has 0 heterocycles. The maximum absolute atomic E-state index is 2.96. The third kappa shape index (κ3) is 2.22. The van der Waals surface area contributed by atoms with Crippen molar-refractivity contribution in [1.82, 2.24) is 11.0 Å². The fraction of sp³-hybridized carbons (Fsp3) is 0.333. The molecule has 66 valence electrons. The Morgan fingerprint density at radius 3 is 2.25 bits per heavy atom. The van der Waals surface area contributed by atoms with Gasteiger partial charge in [0, 0.05) is 14.1 Å². The van der Waals surface area contributed by atoms with Crippen molar-refractivity contribution < 1.29 is 0 Å². The standard InChI is InChI=1S/C9H15N3/c1-8-4-6-9(7-5-8)12(3)11-10-2/h4-7,10-11H,1-3H3. The lowest BCUT2D eigenvalue weighted by Crippen LogP contribution is -2.42. The van der Waals surface area contributed by atoms with Crippen LogP contribution in [0.3, 0.4) is 0 Å². The molecule has 0 amide bonds. The highest BCUT2D eigenvalue weighted by Gasteiger charge is 1.96. The number of aryl methyl sites for hydroxylation is 1. The average Bonchev–Trinajstić information content (AvgIpc) is 2.06. The van der Waals surface area contributed by atoms with Crippen molar-refractivity contribution in [3.8, 4) is 0 Å². The van der Waals surface area contributed by atoms with E-state index in [0.717, 1.165) is 5.69 Å². The van der Waals surface area contributed by atoms with Crippen LogP contribution < -0.4 is 16.0 Å². The van der Waals surface area contributed by atoms with Crippen molar-refractivity contribution in [2.45, 2.75) is 6.92 Å². The largest absolute Gasteiger partial charge is 0.298 e. The van der Waals surface area contributed by atoms with E-state index in [2.05, 4.69) is 42.1 Å². The first-order valence-corrected chi connectivity index (χ1v) is 3.97. The molecule has 3 heteroatoms. The van der Waals surface area contributed by atoms with E-state index < -0.39 is 0 Å². The molecular weight excluding hydrogens is 150 g/mol. The second-order valence-corrected chi connectivity index (χ2v) is 2.76. The van der Waals surface area contributed by atoms with Crippen LogP contribution in [-0.2, 0) is 0 Å². The van der Waals surface area contributed by atoms with Crippen molar-refractivity contribution in [3.63, 3.8) is 0 Å². The molecule has 0 fully saturated rings. The number of hydrazine groups is 2. The van der Waals surface area contributed by atoms with Gasteiger partial charge in [-0.1, -0.05) is 17.7 Å². The molecule has 0 radical (unpaired) electrons. The van der Waals surface area contributed by atoms with Crippen molar-refractivity contribution in [1.29, 1.82) is 0 Å². The van der Waals surface area contributed by atoms with Crippen LogP contribution in [0, 0.1) is 6.92 Å². The second-order valence-electron chi connectivity index (χ2n) is 2.76. The summed E-state index contributed by atoms with van der Waals surface area (Å²) in [6, 6.07) is 8.31. The first-order valence-electron chi connectivity index (χ1n) is 3.97. The summed E-state index contributed by atoms with van der Waals surface area (Å²) < 4.78 is 0. The zero-order valence-electron chi connectivity index (χ0n) is 7.76. The second kappa shape index (κ2) is 4.09. The van der Waals surface area contributed by atoms with Gasteiger partial charge >= 0.3 is 0 Å².